The van der Waals surface area contributed by atoms with Crippen molar-refractivity contribution >= 4 is 17.7 Å². The third-order valence-corrected chi connectivity index (χ3v) is 4.86. The molecule has 1 fully saturated rings. The Kier molecular flexibility index (Phi) is 5.18. The fraction of sp³-hybridized carbons (Fsp3) is 0.444. The molecule has 2 aliphatic rings. The van der Waals surface area contributed by atoms with E-state index in [1.165, 1.54) is 6.92 Å². The van der Waals surface area contributed by atoms with E-state index in [1.807, 2.05) is 0 Å². The van der Waals surface area contributed by atoms with Crippen molar-refractivity contribution in [1.82, 2.24) is 20.3 Å². The SMILES string of the molecule is CC(F)C1OC(=O)Nc2ncnc(-c3cc(C(F)(F)F)cc(N4CCNCC4)n3)c21. The second-order valence-electron chi connectivity index (χ2n) is 6.95. The molecule has 0 radical (unpaired) electrons. The monoisotopic (exact) mass is 426 g/mol. The number of rotatable bonds is 3. The molecule has 160 valence electrons. The Morgan fingerprint density at radius 2 is 1.97 bits per heavy atom. The van der Waals surface area contributed by atoms with Crippen LogP contribution in [-0.2, 0) is 10.9 Å². The van der Waals surface area contributed by atoms with Gasteiger partial charge in [-0.2, -0.15) is 13.2 Å². The molecule has 1 amide bonds. The zero-order valence-electron chi connectivity index (χ0n) is 15.8. The molecular weight excluding hydrogens is 408 g/mol. The average Bonchev–Trinajstić information content (AvgIpc) is 2.72. The molecule has 4 heterocycles. The van der Waals surface area contributed by atoms with Gasteiger partial charge in [-0.1, -0.05) is 0 Å². The molecular formula is C18H18F4N6O2. The van der Waals surface area contributed by atoms with Crippen LogP contribution in [0.2, 0.25) is 0 Å². The van der Waals surface area contributed by atoms with Crippen molar-refractivity contribution in [1.29, 1.82) is 0 Å². The summed E-state index contributed by atoms with van der Waals surface area (Å²) in [5.74, 6) is 0.119. The number of amides is 1. The van der Waals surface area contributed by atoms with Crippen LogP contribution in [0.5, 0.6) is 0 Å². The van der Waals surface area contributed by atoms with Crippen LogP contribution in [0.25, 0.3) is 11.4 Å². The summed E-state index contributed by atoms with van der Waals surface area (Å²) in [5.41, 5.74) is -0.997. The van der Waals surface area contributed by atoms with E-state index in [-0.39, 0.29) is 28.6 Å². The van der Waals surface area contributed by atoms with E-state index in [0.29, 0.717) is 26.2 Å². The summed E-state index contributed by atoms with van der Waals surface area (Å²) in [4.78, 5) is 25.8. The number of ether oxygens (including phenoxy) is 1. The van der Waals surface area contributed by atoms with Crippen LogP contribution in [0.4, 0.5) is 34.0 Å². The van der Waals surface area contributed by atoms with Crippen LogP contribution < -0.4 is 15.5 Å². The first-order valence-electron chi connectivity index (χ1n) is 9.26. The second kappa shape index (κ2) is 7.67. The topological polar surface area (TPSA) is 92.3 Å². The van der Waals surface area contributed by atoms with E-state index >= 15 is 0 Å². The summed E-state index contributed by atoms with van der Waals surface area (Å²) in [7, 11) is 0. The number of piperazine rings is 1. The molecule has 2 N–H and O–H groups in total. The summed E-state index contributed by atoms with van der Waals surface area (Å²) in [6.45, 7) is 3.36. The number of nitrogens with zero attached hydrogens (tertiary/aromatic N) is 4. The van der Waals surface area contributed by atoms with Gasteiger partial charge < -0.3 is 15.0 Å². The highest BCUT2D eigenvalue weighted by molar-refractivity contribution is 5.88. The van der Waals surface area contributed by atoms with Crippen LogP contribution >= 0.6 is 0 Å². The average molecular weight is 426 g/mol. The number of fused-ring (bicyclic) bond motifs is 1. The number of carbonyl (C=O) groups is 1. The van der Waals surface area contributed by atoms with E-state index in [0.717, 1.165) is 18.5 Å². The van der Waals surface area contributed by atoms with Gasteiger partial charge in [-0.25, -0.2) is 24.1 Å². The molecule has 2 aliphatic heterocycles. The number of hydrogen-bond donors (Lipinski definition) is 2. The largest absolute Gasteiger partial charge is 0.438 e. The summed E-state index contributed by atoms with van der Waals surface area (Å²) in [6.07, 6.45) is -7.46. The van der Waals surface area contributed by atoms with Gasteiger partial charge in [-0.15, -0.1) is 0 Å². The quantitative estimate of drug-likeness (QED) is 0.729. The molecule has 0 aromatic carbocycles. The zero-order chi connectivity index (χ0) is 21.5. The molecule has 2 atom stereocenters. The number of hydrogen-bond acceptors (Lipinski definition) is 7. The lowest BCUT2D eigenvalue weighted by atomic mass is 10.0. The number of carbonyl (C=O) groups excluding carboxylic acids is 1. The summed E-state index contributed by atoms with van der Waals surface area (Å²) in [5, 5.41) is 5.46. The summed E-state index contributed by atoms with van der Waals surface area (Å²) < 4.78 is 60.0. The smallest absolute Gasteiger partial charge is 0.416 e. The first kappa shape index (κ1) is 20.3. The van der Waals surface area contributed by atoms with Gasteiger partial charge in [0.05, 0.1) is 16.8 Å². The van der Waals surface area contributed by atoms with Gasteiger partial charge in [0.15, 0.2) is 6.10 Å². The number of cyclic esters (lactones) is 1. The maximum Gasteiger partial charge on any atom is 0.416 e. The minimum atomic E-state index is -4.62. The van der Waals surface area contributed by atoms with Crippen molar-refractivity contribution in [3.63, 3.8) is 0 Å². The first-order chi connectivity index (χ1) is 14.2. The van der Waals surface area contributed by atoms with E-state index < -0.39 is 30.1 Å². The van der Waals surface area contributed by atoms with E-state index in [2.05, 4.69) is 25.6 Å². The van der Waals surface area contributed by atoms with Gasteiger partial charge >= 0.3 is 12.3 Å². The zero-order valence-corrected chi connectivity index (χ0v) is 15.8. The van der Waals surface area contributed by atoms with Gasteiger partial charge in [0.25, 0.3) is 0 Å². The fourth-order valence-corrected chi connectivity index (χ4v) is 3.45. The number of halogens is 4. The minimum Gasteiger partial charge on any atom is -0.438 e. The fourth-order valence-electron chi connectivity index (χ4n) is 3.45. The molecule has 2 aromatic heterocycles. The number of pyridine rings is 1. The maximum atomic E-state index is 14.2. The molecule has 0 aliphatic carbocycles. The third-order valence-electron chi connectivity index (χ3n) is 4.86. The van der Waals surface area contributed by atoms with Crippen LogP contribution in [0.15, 0.2) is 18.5 Å². The van der Waals surface area contributed by atoms with Gasteiger partial charge in [0.1, 0.15) is 29.8 Å². The molecule has 1 saturated heterocycles. The maximum absolute atomic E-state index is 14.2. The Morgan fingerprint density at radius 3 is 2.63 bits per heavy atom. The van der Waals surface area contributed by atoms with E-state index in [1.54, 1.807) is 4.90 Å². The number of alkyl halides is 4. The van der Waals surface area contributed by atoms with Gasteiger partial charge in [0.2, 0.25) is 0 Å². The van der Waals surface area contributed by atoms with Crippen LogP contribution in [0.1, 0.15) is 24.2 Å². The summed E-state index contributed by atoms with van der Waals surface area (Å²) in [6, 6.07) is 1.83. The van der Waals surface area contributed by atoms with Gasteiger partial charge in [-0.05, 0) is 19.1 Å². The minimum absolute atomic E-state index is 0.0197. The highest BCUT2D eigenvalue weighted by Gasteiger charge is 2.37. The third kappa shape index (κ3) is 3.86. The van der Waals surface area contributed by atoms with Crippen molar-refractivity contribution < 1.29 is 27.1 Å². The van der Waals surface area contributed by atoms with Crippen LogP contribution in [-0.4, -0.2) is 53.4 Å². The van der Waals surface area contributed by atoms with Crippen molar-refractivity contribution in [3.8, 4) is 11.4 Å². The van der Waals surface area contributed by atoms with Gasteiger partial charge in [0, 0.05) is 26.2 Å². The van der Waals surface area contributed by atoms with Crippen molar-refractivity contribution in [2.45, 2.75) is 25.4 Å². The Hall–Kier alpha value is -3.02. The lowest BCUT2D eigenvalue weighted by molar-refractivity contribution is -0.137. The molecule has 4 rings (SSSR count). The number of anilines is 2. The molecule has 30 heavy (non-hydrogen) atoms. The highest BCUT2D eigenvalue weighted by atomic mass is 19.4. The Bertz CT molecular complexity index is 962. The molecule has 2 aromatic rings. The lowest BCUT2D eigenvalue weighted by Gasteiger charge is -2.30. The number of aromatic nitrogens is 3. The van der Waals surface area contributed by atoms with Crippen molar-refractivity contribution in [2.24, 2.45) is 0 Å². The van der Waals surface area contributed by atoms with E-state index in [9.17, 15) is 22.4 Å². The van der Waals surface area contributed by atoms with Gasteiger partial charge in [-0.3, -0.25) is 5.32 Å². The Labute approximate surface area is 168 Å². The Morgan fingerprint density at radius 1 is 1.23 bits per heavy atom. The molecule has 0 bridgehead atoms. The molecule has 8 nitrogen and oxygen atoms in total. The second-order valence-corrected chi connectivity index (χ2v) is 6.95. The molecule has 0 saturated carbocycles. The standard InChI is InChI=1S/C18H18F4N6O2/c1-9(19)15-13-14(24-8-25-16(13)27-17(29)30-15)11-6-10(18(20,21)22)7-12(26-11)28-4-2-23-3-5-28/h6-9,15,23H,2-5H2,1H3,(H,24,25,27,29). The normalized spacial score (nSPS) is 20.2. The Balaban J connectivity index is 1.88. The van der Waals surface area contributed by atoms with E-state index in [4.69, 9.17) is 4.74 Å². The summed E-state index contributed by atoms with van der Waals surface area (Å²) >= 11 is 0. The predicted molar refractivity (Wildman–Crippen MR) is 98.8 cm³/mol. The van der Waals surface area contributed by atoms with Crippen LogP contribution in [0, 0.1) is 0 Å². The number of nitrogens with one attached hydrogen (secondary N) is 2. The highest BCUT2D eigenvalue weighted by Crippen LogP contribution is 2.40. The van der Waals surface area contributed by atoms with Crippen molar-refractivity contribution in [3.05, 3.63) is 29.6 Å². The lowest BCUT2D eigenvalue weighted by Crippen LogP contribution is -2.44. The molecule has 2 unspecified atom stereocenters. The molecule has 0 spiro atoms. The first-order valence-corrected chi connectivity index (χ1v) is 9.26. The van der Waals surface area contributed by atoms with Crippen molar-refractivity contribution in [2.75, 3.05) is 36.4 Å². The predicted octanol–water partition coefficient (Wildman–Crippen LogP) is 2.93. The van der Waals surface area contributed by atoms with Crippen LogP contribution in [0.3, 0.4) is 0 Å². The molecule has 12 heteroatoms.